The van der Waals surface area contributed by atoms with Crippen molar-refractivity contribution in [2.45, 2.75) is 27.7 Å². The zero-order valence-electron chi connectivity index (χ0n) is 10.7. The van der Waals surface area contributed by atoms with Crippen LogP contribution in [0.15, 0.2) is 36.5 Å². The van der Waals surface area contributed by atoms with E-state index in [0.717, 1.165) is 11.3 Å². The summed E-state index contributed by atoms with van der Waals surface area (Å²) in [6.45, 7) is 8.10. The summed E-state index contributed by atoms with van der Waals surface area (Å²) >= 11 is 0. The van der Waals surface area contributed by atoms with Gasteiger partial charge in [-0.05, 0) is 18.2 Å². The number of aromatic nitrogens is 1. The van der Waals surface area contributed by atoms with Gasteiger partial charge in [-0.3, -0.25) is 0 Å². The molecular weight excluding hydrogens is 389 g/mol. The van der Waals surface area contributed by atoms with Crippen LogP contribution in [0.4, 0.5) is 0 Å². The Bertz CT molecular complexity index is 374. The maximum Gasteiger partial charge on any atom is 0.0190 e. The van der Waals surface area contributed by atoms with Crippen LogP contribution in [0.3, 0.4) is 0 Å². The van der Waals surface area contributed by atoms with Crippen LogP contribution < -0.4 is 0 Å². The third-order valence-electron chi connectivity index (χ3n) is 2.16. The van der Waals surface area contributed by atoms with Crippen LogP contribution in [-0.2, 0) is 21.1 Å². The molecule has 0 radical (unpaired) electrons. The summed E-state index contributed by atoms with van der Waals surface area (Å²) in [6.07, 6.45) is 1.88. The number of pyridine rings is 1. The molecule has 0 saturated heterocycles. The predicted octanol–water partition coefficient (Wildman–Crippen LogP) is 4.19. The van der Waals surface area contributed by atoms with Gasteiger partial charge in [0.05, 0.1) is 0 Å². The fraction of sp³-hybridized carbons (Fsp3) is 0.267. The minimum atomic E-state index is 0. The Morgan fingerprint density at radius 3 is 2.06 bits per heavy atom. The maximum absolute atomic E-state index is 4.35. The van der Waals surface area contributed by atoms with Crippen molar-refractivity contribution in [3.8, 4) is 11.3 Å². The van der Waals surface area contributed by atoms with Gasteiger partial charge >= 0.3 is 0 Å². The van der Waals surface area contributed by atoms with E-state index in [1.54, 1.807) is 0 Å². The van der Waals surface area contributed by atoms with Gasteiger partial charge in [0, 0.05) is 27.3 Å². The summed E-state index contributed by atoms with van der Waals surface area (Å²) < 4.78 is 0. The topological polar surface area (TPSA) is 12.9 Å². The van der Waals surface area contributed by atoms with Crippen molar-refractivity contribution in [1.29, 1.82) is 0 Å². The van der Waals surface area contributed by atoms with Crippen LogP contribution >= 0.6 is 0 Å². The Morgan fingerprint density at radius 2 is 1.59 bits per heavy atom. The van der Waals surface area contributed by atoms with E-state index in [9.17, 15) is 0 Å². The Labute approximate surface area is 119 Å². The van der Waals surface area contributed by atoms with Crippen molar-refractivity contribution in [1.82, 2.24) is 4.98 Å². The number of hydrogen-bond acceptors (Lipinski definition) is 1. The van der Waals surface area contributed by atoms with Gasteiger partial charge in [-0.15, -0.1) is 35.4 Å². The van der Waals surface area contributed by atoms with Crippen LogP contribution in [0.25, 0.3) is 11.3 Å². The largest absolute Gasteiger partial charge is 0.304 e. The Morgan fingerprint density at radius 1 is 0.941 bits per heavy atom. The van der Waals surface area contributed by atoms with Crippen molar-refractivity contribution in [3.05, 3.63) is 53.7 Å². The summed E-state index contributed by atoms with van der Waals surface area (Å²) in [5.41, 5.74) is 4.44. The molecule has 0 fully saturated rings. The molecule has 17 heavy (non-hydrogen) atoms. The quantitative estimate of drug-likeness (QED) is 0.646. The van der Waals surface area contributed by atoms with Crippen LogP contribution in [0, 0.1) is 19.9 Å². The van der Waals surface area contributed by atoms with Gasteiger partial charge in [-0.2, -0.15) is 0 Å². The van der Waals surface area contributed by atoms with E-state index in [2.05, 4.69) is 30.1 Å². The van der Waals surface area contributed by atoms with Gasteiger partial charge in [0.25, 0.3) is 0 Å². The first kappa shape index (κ1) is 16.1. The molecule has 0 aliphatic heterocycles. The molecule has 0 unspecified atom stereocenters. The van der Waals surface area contributed by atoms with Crippen LogP contribution in [0.5, 0.6) is 0 Å². The number of aryl methyl sites for hydroxylation is 2. The van der Waals surface area contributed by atoms with E-state index in [0.29, 0.717) is 0 Å². The molecule has 0 bridgehead atoms. The molecule has 1 aromatic heterocycles. The molecule has 1 aromatic carbocycles. The number of nitrogens with zero attached hydrogens (tertiary/aromatic N) is 1. The van der Waals surface area contributed by atoms with E-state index in [4.69, 9.17) is 0 Å². The minimum Gasteiger partial charge on any atom is -0.304 e. The second-order valence-electron chi connectivity index (χ2n) is 3.50. The molecule has 0 aliphatic carbocycles. The Balaban J connectivity index is 0.000000811. The summed E-state index contributed by atoms with van der Waals surface area (Å²) in [5, 5.41) is 0. The zero-order chi connectivity index (χ0) is 12.0. The van der Waals surface area contributed by atoms with Gasteiger partial charge in [-0.1, -0.05) is 32.9 Å². The fourth-order valence-electron chi connectivity index (χ4n) is 1.29. The molecular formula is C15H18NPt-. The van der Waals surface area contributed by atoms with E-state index < -0.39 is 0 Å². The standard InChI is InChI=1S/C13H12N.C2H6.Pt/c1-10-3-6-12(7-4-10)13-8-5-11(2)9-14-13;1-2;/h3-6,8-9H,1-2H3;1-2H3;/q-1;;. The molecule has 0 saturated carbocycles. The number of benzene rings is 1. The van der Waals surface area contributed by atoms with Crippen LogP contribution in [0.2, 0.25) is 0 Å². The van der Waals surface area contributed by atoms with Gasteiger partial charge in [0.1, 0.15) is 0 Å². The van der Waals surface area contributed by atoms with Crippen molar-refractivity contribution >= 4 is 0 Å². The van der Waals surface area contributed by atoms with Gasteiger partial charge in [-0.25, -0.2) is 0 Å². The summed E-state index contributed by atoms with van der Waals surface area (Å²) in [5.74, 6) is 0. The molecule has 0 N–H and O–H groups in total. The average molecular weight is 407 g/mol. The Kier molecular flexibility index (Phi) is 7.74. The molecule has 0 aliphatic rings. The van der Waals surface area contributed by atoms with E-state index in [-0.39, 0.29) is 21.1 Å². The number of hydrogen-bond donors (Lipinski definition) is 0. The second kappa shape index (κ2) is 8.19. The normalized spacial score (nSPS) is 8.71. The zero-order valence-corrected chi connectivity index (χ0v) is 13.0. The number of rotatable bonds is 1. The van der Waals surface area contributed by atoms with Gasteiger partial charge < -0.3 is 4.98 Å². The van der Waals surface area contributed by atoms with Gasteiger partial charge in [0.2, 0.25) is 0 Å². The van der Waals surface area contributed by atoms with E-state index in [1.807, 2.05) is 45.2 Å². The monoisotopic (exact) mass is 407 g/mol. The molecule has 1 nitrogen and oxygen atoms in total. The predicted molar refractivity (Wildman–Crippen MR) is 69.3 cm³/mol. The third-order valence-corrected chi connectivity index (χ3v) is 2.16. The first-order chi connectivity index (χ1) is 7.75. The molecule has 0 amide bonds. The van der Waals surface area contributed by atoms with Crippen molar-refractivity contribution in [2.75, 3.05) is 0 Å². The van der Waals surface area contributed by atoms with E-state index in [1.165, 1.54) is 11.1 Å². The molecule has 1 heterocycles. The van der Waals surface area contributed by atoms with Gasteiger partial charge in [0.15, 0.2) is 0 Å². The van der Waals surface area contributed by atoms with Crippen LogP contribution in [0.1, 0.15) is 25.0 Å². The summed E-state index contributed by atoms with van der Waals surface area (Å²) in [4.78, 5) is 4.35. The molecule has 2 heteroatoms. The molecule has 94 valence electrons. The molecule has 0 spiro atoms. The summed E-state index contributed by atoms with van der Waals surface area (Å²) in [7, 11) is 0. The first-order valence-corrected chi connectivity index (χ1v) is 5.67. The van der Waals surface area contributed by atoms with Crippen molar-refractivity contribution in [2.24, 2.45) is 0 Å². The fourth-order valence-corrected chi connectivity index (χ4v) is 1.29. The van der Waals surface area contributed by atoms with E-state index >= 15 is 0 Å². The average Bonchev–Trinajstić information content (AvgIpc) is 2.34. The SMILES string of the molecule is CC.Cc1c[c-]c(-c2ccc(C)cn2)cc1.[Pt]. The molecule has 2 rings (SSSR count). The smallest absolute Gasteiger partial charge is 0.0190 e. The molecule has 0 atom stereocenters. The molecule has 2 aromatic rings. The summed E-state index contributed by atoms with van der Waals surface area (Å²) in [6, 6.07) is 13.4. The van der Waals surface area contributed by atoms with Crippen LogP contribution in [-0.4, -0.2) is 4.98 Å². The minimum absolute atomic E-state index is 0. The third kappa shape index (κ3) is 4.83. The Hall–Kier alpha value is -0.942. The maximum atomic E-state index is 4.35. The van der Waals surface area contributed by atoms with Crippen molar-refractivity contribution < 1.29 is 21.1 Å². The van der Waals surface area contributed by atoms with Crippen molar-refractivity contribution in [3.63, 3.8) is 0 Å². The first-order valence-electron chi connectivity index (χ1n) is 5.67. The second-order valence-corrected chi connectivity index (χ2v) is 3.50.